The van der Waals surface area contributed by atoms with Crippen molar-refractivity contribution in [3.8, 4) is 12.1 Å². The van der Waals surface area contributed by atoms with Crippen LogP contribution in [0.1, 0.15) is 27.4 Å². The number of fused-ring (bicyclic) bond motifs is 3. The highest BCUT2D eigenvalue weighted by Crippen LogP contribution is 2.55. The van der Waals surface area contributed by atoms with E-state index < -0.39 is 29.2 Å². The minimum absolute atomic E-state index is 0.277. The van der Waals surface area contributed by atoms with Crippen molar-refractivity contribution in [3.05, 3.63) is 102 Å². The summed E-state index contributed by atoms with van der Waals surface area (Å²) in [7, 11) is 0. The van der Waals surface area contributed by atoms with Crippen LogP contribution in [0.3, 0.4) is 0 Å². The number of halogens is 1. The van der Waals surface area contributed by atoms with Crippen molar-refractivity contribution in [1.82, 2.24) is 4.98 Å². The lowest BCUT2D eigenvalue weighted by Crippen LogP contribution is -2.44. The van der Waals surface area contributed by atoms with Crippen LogP contribution >= 0.6 is 0 Å². The molecule has 32 heavy (non-hydrogen) atoms. The average Bonchev–Trinajstić information content (AvgIpc) is 3.15. The Morgan fingerprint density at radius 2 is 1.78 bits per heavy atom. The average molecular weight is 420 g/mol. The predicted octanol–water partition coefficient (Wildman–Crippen LogP) is 4.50. The Hall–Kier alpha value is -4.29. The van der Waals surface area contributed by atoms with Gasteiger partial charge in [0.2, 0.25) is 0 Å². The summed E-state index contributed by atoms with van der Waals surface area (Å²) in [5, 5.41) is 20.7. The van der Waals surface area contributed by atoms with E-state index in [1.807, 2.05) is 41.3 Å². The number of carbonyl (C=O) groups excluding carboxylic acids is 1. The lowest BCUT2D eigenvalue weighted by molar-refractivity contribution is 0.0951. The number of rotatable bonds is 3. The Bertz CT molecular complexity index is 1290. The number of Topliss-reactive ketones (excluding diaryl/α,β-unsaturated/α-hetero) is 1. The third-order valence-electron chi connectivity index (χ3n) is 6.36. The van der Waals surface area contributed by atoms with Gasteiger partial charge in [-0.25, -0.2) is 4.39 Å². The maximum absolute atomic E-state index is 13.9. The summed E-state index contributed by atoms with van der Waals surface area (Å²) in [6, 6.07) is 19.5. The van der Waals surface area contributed by atoms with Gasteiger partial charge < -0.3 is 4.90 Å². The second-order valence-corrected chi connectivity index (χ2v) is 7.94. The zero-order valence-electron chi connectivity index (χ0n) is 16.9. The quantitative estimate of drug-likeness (QED) is 0.583. The van der Waals surface area contributed by atoms with Gasteiger partial charge in [-0.15, -0.1) is 0 Å². The maximum Gasteiger partial charge on any atom is 0.185 e. The van der Waals surface area contributed by atoms with E-state index in [-0.39, 0.29) is 5.78 Å². The van der Waals surface area contributed by atoms with Crippen molar-refractivity contribution < 1.29 is 9.18 Å². The van der Waals surface area contributed by atoms with Gasteiger partial charge in [-0.1, -0.05) is 36.4 Å². The molecule has 0 amide bonds. The molecule has 2 aliphatic heterocycles. The molecular formula is C26H17FN4O. The minimum atomic E-state index is -1.52. The molecule has 0 N–H and O–H groups in total. The van der Waals surface area contributed by atoms with Crippen LogP contribution < -0.4 is 4.90 Å². The number of nitriles is 2. The van der Waals surface area contributed by atoms with Crippen LogP contribution in [-0.4, -0.2) is 22.9 Å². The number of nitrogens with zero attached hydrogens (tertiary/aromatic N) is 4. The van der Waals surface area contributed by atoms with E-state index in [9.17, 15) is 19.7 Å². The third kappa shape index (κ3) is 2.74. The lowest BCUT2D eigenvalue weighted by Gasteiger charge is -2.35. The molecule has 3 heterocycles. The van der Waals surface area contributed by atoms with Crippen molar-refractivity contribution in [2.75, 3.05) is 4.90 Å². The maximum atomic E-state index is 13.9. The summed E-state index contributed by atoms with van der Waals surface area (Å²) >= 11 is 0. The smallest absolute Gasteiger partial charge is 0.185 e. The van der Waals surface area contributed by atoms with Gasteiger partial charge in [0, 0.05) is 29.6 Å². The van der Waals surface area contributed by atoms with Crippen LogP contribution in [-0.2, 0) is 0 Å². The first-order valence-electron chi connectivity index (χ1n) is 10.2. The Morgan fingerprint density at radius 3 is 2.47 bits per heavy atom. The number of benzene rings is 2. The summed E-state index contributed by atoms with van der Waals surface area (Å²) in [6.45, 7) is 0. The van der Waals surface area contributed by atoms with E-state index in [1.165, 1.54) is 24.3 Å². The van der Waals surface area contributed by atoms with E-state index in [0.29, 0.717) is 11.1 Å². The molecule has 154 valence electrons. The fourth-order valence-corrected chi connectivity index (χ4v) is 4.95. The highest BCUT2D eigenvalue weighted by Gasteiger charge is 2.63. The summed E-state index contributed by atoms with van der Waals surface area (Å²) in [4.78, 5) is 20.0. The van der Waals surface area contributed by atoms with E-state index in [0.717, 1.165) is 11.3 Å². The van der Waals surface area contributed by atoms with Crippen LogP contribution in [0.2, 0.25) is 0 Å². The number of aromatic nitrogens is 1. The molecule has 0 saturated carbocycles. The van der Waals surface area contributed by atoms with Crippen LogP contribution in [0.15, 0.2) is 79.1 Å². The molecule has 0 spiro atoms. The lowest BCUT2D eigenvalue weighted by atomic mass is 9.69. The van der Waals surface area contributed by atoms with Crippen molar-refractivity contribution in [3.63, 3.8) is 0 Å². The van der Waals surface area contributed by atoms with Gasteiger partial charge in [-0.05, 0) is 47.5 Å². The van der Waals surface area contributed by atoms with Crippen molar-refractivity contribution in [1.29, 1.82) is 10.5 Å². The molecule has 6 heteroatoms. The second kappa shape index (κ2) is 7.44. The Kier molecular flexibility index (Phi) is 4.57. The Labute approximate surface area is 184 Å². The van der Waals surface area contributed by atoms with E-state index in [2.05, 4.69) is 17.1 Å². The van der Waals surface area contributed by atoms with Crippen molar-refractivity contribution in [2.45, 2.75) is 18.0 Å². The number of hydrogen-bond acceptors (Lipinski definition) is 5. The predicted molar refractivity (Wildman–Crippen MR) is 117 cm³/mol. The first-order valence-corrected chi connectivity index (χ1v) is 10.2. The molecule has 2 aromatic carbocycles. The largest absolute Gasteiger partial charge is 0.351 e. The third-order valence-corrected chi connectivity index (χ3v) is 6.36. The number of ketones is 1. The normalized spacial score (nSPS) is 22.3. The summed E-state index contributed by atoms with van der Waals surface area (Å²) in [5.74, 6) is -1.48. The van der Waals surface area contributed by atoms with Gasteiger partial charge in [-0.2, -0.15) is 10.5 Å². The van der Waals surface area contributed by atoms with E-state index >= 15 is 0 Å². The molecule has 0 aliphatic carbocycles. The monoisotopic (exact) mass is 420 g/mol. The molecule has 0 bridgehead atoms. The number of para-hydroxylation sites is 1. The summed E-state index contributed by atoms with van der Waals surface area (Å²) in [6.07, 6.45) is 6.94. The molecule has 5 nitrogen and oxygen atoms in total. The second-order valence-electron chi connectivity index (χ2n) is 7.94. The van der Waals surface area contributed by atoms with Gasteiger partial charge >= 0.3 is 0 Å². The molecule has 3 unspecified atom stereocenters. The molecule has 0 radical (unpaired) electrons. The number of pyridine rings is 1. The van der Waals surface area contributed by atoms with Gasteiger partial charge in [-0.3, -0.25) is 9.78 Å². The molecule has 1 saturated heterocycles. The first-order chi connectivity index (χ1) is 15.6. The number of carbonyl (C=O) groups is 1. The standard InChI is InChI=1S/C26H17FN4O/c27-20-10-7-18(8-11-20)25(32)24-23(19-5-3-13-30-14-19)26(15-28,16-29)22-12-9-17-4-1-2-6-21(17)31(22)24/h1-14,22-24H. The van der Waals surface area contributed by atoms with E-state index in [1.54, 1.807) is 24.5 Å². The summed E-state index contributed by atoms with van der Waals surface area (Å²) in [5.41, 5.74) is 1.12. The molecular weight excluding hydrogens is 403 g/mol. The van der Waals surface area contributed by atoms with Crippen LogP contribution in [0.4, 0.5) is 10.1 Å². The molecule has 1 fully saturated rings. The molecule has 2 aliphatic rings. The van der Waals surface area contributed by atoms with Gasteiger partial charge in [0.25, 0.3) is 0 Å². The van der Waals surface area contributed by atoms with Crippen LogP contribution in [0.5, 0.6) is 0 Å². The van der Waals surface area contributed by atoms with Crippen LogP contribution in [0.25, 0.3) is 6.08 Å². The van der Waals surface area contributed by atoms with Crippen molar-refractivity contribution in [2.24, 2.45) is 5.41 Å². The van der Waals surface area contributed by atoms with Crippen LogP contribution in [0, 0.1) is 33.9 Å². The van der Waals surface area contributed by atoms with Crippen molar-refractivity contribution >= 4 is 17.5 Å². The first kappa shape index (κ1) is 19.7. The fourth-order valence-electron chi connectivity index (χ4n) is 4.95. The Balaban J connectivity index is 1.78. The molecule has 5 rings (SSSR count). The topological polar surface area (TPSA) is 80.8 Å². The minimum Gasteiger partial charge on any atom is -0.351 e. The van der Waals surface area contributed by atoms with Gasteiger partial charge in [0.1, 0.15) is 11.9 Å². The Morgan fingerprint density at radius 1 is 1.03 bits per heavy atom. The van der Waals surface area contributed by atoms with Gasteiger partial charge in [0.15, 0.2) is 11.2 Å². The molecule has 3 aromatic rings. The summed E-state index contributed by atoms with van der Waals surface area (Å²) < 4.78 is 13.5. The highest BCUT2D eigenvalue weighted by atomic mass is 19.1. The zero-order chi connectivity index (χ0) is 22.3. The number of anilines is 1. The zero-order valence-corrected chi connectivity index (χ0v) is 16.9. The molecule has 3 atom stereocenters. The van der Waals surface area contributed by atoms with Gasteiger partial charge in [0.05, 0.1) is 18.2 Å². The molecule has 1 aromatic heterocycles. The van der Waals surface area contributed by atoms with E-state index in [4.69, 9.17) is 0 Å². The highest BCUT2D eigenvalue weighted by molar-refractivity contribution is 6.04. The fraction of sp³-hybridized carbons (Fsp3) is 0.154. The SMILES string of the molecule is N#CC1(C#N)C(c2cccnc2)C(C(=O)c2ccc(F)cc2)N2c3ccccc3C=CC21. The number of hydrogen-bond donors (Lipinski definition) is 0.